The molecule has 1 N–H and O–H groups in total. The molecule has 0 aromatic rings. The lowest BCUT2D eigenvalue weighted by atomic mass is 9.75. The average Bonchev–Trinajstić information content (AvgIpc) is 2.39. The van der Waals surface area contributed by atoms with Crippen LogP contribution in [0.5, 0.6) is 0 Å². The summed E-state index contributed by atoms with van der Waals surface area (Å²) in [6, 6.07) is 0. The summed E-state index contributed by atoms with van der Waals surface area (Å²) >= 11 is 0. The lowest BCUT2D eigenvalue weighted by Crippen LogP contribution is -2.20. The van der Waals surface area contributed by atoms with Crippen molar-refractivity contribution in [1.82, 2.24) is 0 Å². The summed E-state index contributed by atoms with van der Waals surface area (Å²) in [5, 5.41) is 8.88. The number of hydrogen-bond donors (Lipinski definition) is 1. The van der Waals surface area contributed by atoms with E-state index in [4.69, 9.17) is 5.11 Å². The Kier molecular flexibility index (Phi) is 3.54. The van der Waals surface area contributed by atoms with Gasteiger partial charge in [-0.2, -0.15) is 0 Å². The summed E-state index contributed by atoms with van der Waals surface area (Å²) in [5.74, 6) is 0.728. The Balaban J connectivity index is 2.45. The largest absolute Gasteiger partial charge is 0.392 e. The van der Waals surface area contributed by atoms with E-state index in [1.54, 1.807) is 0 Å². The second-order valence-corrected chi connectivity index (χ2v) is 4.99. The van der Waals surface area contributed by atoms with Gasteiger partial charge in [-0.05, 0) is 37.5 Å². The number of allylic oxidation sites excluding steroid dienone is 2. The van der Waals surface area contributed by atoms with Crippen LogP contribution in [0.2, 0.25) is 0 Å². The lowest BCUT2D eigenvalue weighted by Gasteiger charge is -2.29. The van der Waals surface area contributed by atoms with Crippen molar-refractivity contribution in [2.45, 2.75) is 40.0 Å². The first-order chi connectivity index (χ1) is 6.48. The van der Waals surface area contributed by atoms with Crippen molar-refractivity contribution in [1.29, 1.82) is 0 Å². The molecule has 0 saturated heterocycles. The van der Waals surface area contributed by atoms with Crippen molar-refractivity contribution >= 4 is 0 Å². The Labute approximate surface area is 87.5 Å². The van der Waals surface area contributed by atoms with Crippen LogP contribution in [0.25, 0.3) is 0 Å². The summed E-state index contributed by atoms with van der Waals surface area (Å²) in [5.41, 5.74) is 2.82. The summed E-state index contributed by atoms with van der Waals surface area (Å²) in [6.45, 7) is 10.8. The molecule has 14 heavy (non-hydrogen) atoms. The van der Waals surface area contributed by atoms with Gasteiger partial charge in [0.15, 0.2) is 0 Å². The molecule has 0 heterocycles. The molecule has 0 spiro atoms. The highest BCUT2D eigenvalue weighted by Crippen LogP contribution is 2.45. The lowest BCUT2D eigenvalue weighted by molar-refractivity contribution is 0.267. The van der Waals surface area contributed by atoms with Gasteiger partial charge < -0.3 is 5.11 Å². The first kappa shape index (κ1) is 11.5. The Bertz CT molecular complexity index is 248. The van der Waals surface area contributed by atoms with Gasteiger partial charge in [-0.15, -0.1) is 0 Å². The molecule has 80 valence electrons. The average molecular weight is 194 g/mol. The second kappa shape index (κ2) is 4.31. The predicted octanol–water partition coefficient (Wildman–Crippen LogP) is 3.31. The fraction of sp³-hybridized carbons (Fsp3) is 0.692. The van der Waals surface area contributed by atoms with Crippen molar-refractivity contribution in [2.24, 2.45) is 11.3 Å². The predicted molar refractivity (Wildman–Crippen MR) is 61.1 cm³/mol. The smallest absolute Gasteiger partial charge is 0.0639 e. The van der Waals surface area contributed by atoms with Crippen molar-refractivity contribution in [3.05, 3.63) is 23.8 Å². The summed E-state index contributed by atoms with van der Waals surface area (Å²) in [7, 11) is 0. The summed E-state index contributed by atoms with van der Waals surface area (Å²) < 4.78 is 0. The van der Waals surface area contributed by atoms with E-state index in [0.29, 0.717) is 5.41 Å². The molecule has 0 amide bonds. The van der Waals surface area contributed by atoms with E-state index in [9.17, 15) is 0 Å². The van der Waals surface area contributed by atoms with Crippen LogP contribution in [0.4, 0.5) is 0 Å². The number of aliphatic hydroxyl groups is 1. The molecule has 0 fully saturated rings. The first-order valence-electron chi connectivity index (χ1n) is 5.43. The molecule has 1 unspecified atom stereocenters. The van der Waals surface area contributed by atoms with Crippen LogP contribution in [-0.4, -0.2) is 11.7 Å². The van der Waals surface area contributed by atoms with Crippen LogP contribution < -0.4 is 0 Å². The van der Waals surface area contributed by atoms with Crippen LogP contribution in [0, 0.1) is 11.3 Å². The molecule has 0 aromatic carbocycles. The van der Waals surface area contributed by atoms with Crippen LogP contribution >= 0.6 is 0 Å². The fourth-order valence-corrected chi connectivity index (χ4v) is 2.13. The maximum absolute atomic E-state index is 8.88. The molecule has 0 radical (unpaired) electrons. The number of rotatable bonds is 4. The highest BCUT2D eigenvalue weighted by molar-refractivity contribution is 5.18. The summed E-state index contributed by atoms with van der Waals surface area (Å²) in [6.07, 6.45) is 5.66. The zero-order chi connectivity index (χ0) is 10.8. The van der Waals surface area contributed by atoms with Crippen LogP contribution in [0.15, 0.2) is 23.8 Å². The van der Waals surface area contributed by atoms with E-state index < -0.39 is 0 Å². The zero-order valence-corrected chi connectivity index (χ0v) is 9.64. The molecule has 0 aliphatic heterocycles. The van der Waals surface area contributed by atoms with E-state index >= 15 is 0 Å². The number of aliphatic hydroxyl groups excluding tert-OH is 1. The molecular weight excluding hydrogens is 172 g/mol. The molecular formula is C13H22O. The molecule has 1 aliphatic rings. The maximum atomic E-state index is 8.88. The molecule has 0 aromatic heterocycles. The van der Waals surface area contributed by atoms with Gasteiger partial charge >= 0.3 is 0 Å². The van der Waals surface area contributed by atoms with Crippen molar-refractivity contribution in [2.75, 3.05) is 6.61 Å². The molecule has 0 bridgehead atoms. The number of hydrogen-bond acceptors (Lipinski definition) is 1. The van der Waals surface area contributed by atoms with E-state index in [0.717, 1.165) is 24.3 Å². The monoisotopic (exact) mass is 194 g/mol. The van der Waals surface area contributed by atoms with E-state index in [1.807, 2.05) is 0 Å². The van der Waals surface area contributed by atoms with Crippen LogP contribution in [0.1, 0.15) is 40.0 Å². The van der Waals surface area contributed by atoms with Gasteiger partial charge in [0.05, 0.1) is 6.61 Å². The van der Waals surface area contributed by atoms with Crippen molar-refractivity contribution in [3.8, 4) is 0 Å². The topological polar surface area (TPSA) is 20.2 Å². The molecule has 1 rings (SSSR count). The minimum atomic E-state index is 0.138. The molecule has 1 aliphatic carbocycles. The van der Waals surface area contributed by atoms with E-state index in [1.165, 1.54) is 12.0 Å². The Hall–Kier alpha value is -0.560. The Morgan fingerprint density at radius 3 is 2.71 bits per heavy atom. The molecule has 1 heteroatoms. The minimum absolute atomic E-state index is 0.138. The van der Waals surface area contributed by atoms with Crippen molar-refractivity contribution < 1.29 is 5.11 Å². The quantitative estimate of drug-likeness (QED) is 0.681. The zero-order valence-electron chi connectivity index (χ0n) is 9.64. The minimum Gasteiger partial charge on any atom is -0.392 e. The van der Waals surface area contributed by atoms with Crippen LogP contribution in [-0.2, 0) is 0 Å². The fourth-order valence-electron chi connectivity index (χ4n) is 2.13. The van der Waals surface area contributed by atoms with Crippen molar-refractivity contribution in [3.63, 3.8) is 0 Å². The Morgan fingerprint density at radius 2 is 2.29 bits per heavy atom. The highest BCUT2D eigenvalue weighted by atomic mass is 16.3. The van der Waals surface area contributed by atoms with Gasteiger partial charge in [-0.25, -0.2) is 0 Å². The van der Waals surface area contributed by atoms with Gasteiger partial charge in [-0.3, -0.25) is 0 Å². The van der Waals surface area contributed by atoms with Gasteiger partial charge in [0.2, 0.25) is 0 Å². The third-order valence-corrected chi connectivity index (χ3v) is 3.82. The first-order valence-corrected chi connectivity index (χ1v) is 5.43. The van der Waals surface area contributed by atoms with E-state index in [2.05, 4.69) is 33.4 Å². The highest BCUT2D eigenvalue weighted by Gasteiger charge is 2.34. The third-order valence-electron chi connectivity index (χ3n) is 3.82. The summed E-state index contributed by atoms with van der Waals surface area (Å²) in [4.78, 5) is 0. The SMILES string of the molecule is C=C(CO)CCC1CC=C(C)C1(C)C. The second-order valence-electron chi connectivity index (χ2n) is 4.99. The van der Waals surface area contributed by atoms with Gasteiger partial charge in [0.25, 0.3) is 0 Å². The van der Waals surface area contributed by atoms with Gasteiger partial charge in [0.1, 0.15) is 0 Å². The molecule has 1 atom stereocenters. The molecule has 0 saturated carbocycles. The van der Waals surface area contributed by atoms with Gasteiger partial charge in [0, 0.05) is 0 Å². The van der Waals surface area contributed by atoms with Crippen LogP contribution in [0.3, 0.4) is 0 Å². The standard InChI is InChI=1S/C13H22O/c1-10(9-14)5-7-12-8-6-11(2)13(12,3)4/h6,12,14H,1,5,7-9H2,2-4H3. The van der Waals surface area contributed by atoms with E-state index in [-0.39, 0.29) is 6.61 Å². The maximum Gasteiger partial charge on any atom is 0.0639 e. The normalized spacial score (nSPS) is 24.9. The Morgan fingerprint density at radius 1 is 1.64 bits per heavy atom. The molecule has 1 nitrogen and oxygen atoms in total. The third kappa shape index (κ3) is 2.27. The van der Waals surface area contributed by atoms with Gasteiger partial charge in [-0.1, -0.05) is 37.6 Å².